The Morgan fingerprint density at radius 1 is 1.40 bits per heavy atom. The minimum absolute atomic E-state index is 0.0965. The standard InChI is InChI=1S/C19H26N2O4/c1-19(2)12-21(10-15(25-19)11-23-3)18(22)7-13-9-20-17-6-5-14(24-4)8-16(13)17/h5-6,8-9,15,20H,7,10-12H2,1-4H3/t15-/m0/s1. The van der Waals surface area contributed by atoms with E-state index >= 15 is 0 Å². The van der Waals surface area contributed by atoms with Gasteiger partial charge in [-0.3, -0.25) is 4.79 Å². The van der Waals surface area contributed by atoms with Crippen LogP contribution in [0.4, 0.5) is 0 Å². The van der Waals surface area contributed by atoms with Crippen LogP contribution in [0, 0.1) is 0 Å². The monoisotopic (exact) mass is 346 g/mol. The van der Waals surface area contributed by atoms with Gasteiger partial charge in [0.05, 0.1) is 31.8 Å². The molecular formula is C19H26N2O4. The fraction of sp³-hybridized carbons (Fsp3) is 0.526. The van der Waals surface area contributed by atoms with Crippen LogP contribution >= 0.6 is 0 Å². The van der Waals surface area contributed by atoms with Crippen LogP contribution in [0.15, 0.2) is 24.4 Å². The third-order valence-corrected chi connectivity index (χ3v) is 4.50. The molecule has 0 saturated carbocycles. The molecule has 1 N–H and O–H groups in total. The van der Waals surface area contributed by atoms with Gasteiger partial charge in [-0.25, -0.2) is 0 Å². The molecule has 1 saturated heterocycles. The zero-order chi connectivity index (χ0) is 18.0. The van der Waals surface area contributed by atoms with Crippen molar-refractivity contribution in [2.75, 3.05) is 33.9 Å². The van der Waals surface area contributed by atoms with E-state index in [9.17, 15) is 4.79 Å². The van der Waals surface area contributed by atoms with E-state index in [1.807, 2.05) is 43.1 Å². The van der Waals surface area contributed by atoms with Gasteiger partial charge in [-0.05, 0) is 37.6 Å². The highest BCUT2D eigenvalue weighted by Crippen LogP contribution is 2.26. The van der Waals surface area contributed by atoms with E-state index in [1.165, 1.54) is 0 Å². The van der Waals surface area contributed by atoms with E-state index in [2.05, 4.69) is 4.98 Å². The highest BCUT2D eigenvalue weighted by Gasteiger charge is 2.35. The molecule has 1 aromatic heterocycles. The lowest BCUT2D eigenvalue weighted by Gasteiger charge is -2.42. The number of rotatable bonds is 5. The van der Waals surface area contributed by atoms with E-state index in [0.29, 0.717) is 26.1 Å². The van der Waals surface area contributed by atoms with Crippen molar-refractivity contribution in [3.05, 3.63) is 30.0 Å². The molecule has 0 unspecified atom stereocenters. The van der Waals surface area contributed by atoms with Crippen molar-refractivity contribution in [1.82, 2.24) is 9.88 Å². The van der Waals surface area contributed by atoms with Crippen molar-refractivity contribution in [1.29, 1.82) is 0 Å². The Labute approximate surface area is 148 Å². The number of morpholine rings is 1. The van der Waals surface area contributed by atoms with Crippen molar-refractivity contribution < 1.29 is 19.0 Å². The van der Waals surface area contributed by atoms with Crippen LogP contribution in [0.1, 0.15) is 19.4 Å². The second-order valence-electron chi connectivity index (χ2n) is 7.13. The van der Waals surface area contributed by atoms with Crippen molar-refractivity contribution in [3.63, 3.8) is 0 Å². The molecule has 25 heavy (non-hydrogen) atoms. The molecule has 1 fully saturated rings. The summed E-state index contributed by atoms with van der Waals surface area (Å²) in [5, 5.41) is 1.02. The molecular weight excluding hydrogens is 320 g/mol. The number of hydrogen-bond donors (Lipinski definition) is 1. The molecule has 1 amide bonds. The Kier molecular flexibility index (Phi) is 5.01. The Morgan fingerprint density at radius 3 is 2.92 bits per heavy atom. The number of nitrogens with zero attached hydrogens (tertiary/aromatic N) is 1. The predicted molar refractivity (Wildman–Crippen MR) is 96.0 cm³/mol. The van der Waals surface area contributed by atoms with Gasteiger partial charge in [0, 0.05) is 37.3 Å². The van der Waals surface area contributed by atoms with Crippen LogP contribution in [0.25, 0.3) is 10.9 Å². The third kappa shape index (κ3) is 3.96. The van der Waals surface area contributed by atoms with Crippen molar-refractivity contribution >= 4 is 16.8 Å². The average molecular weight is 346 g/mol. The summed E-state index contributed by atoms with van der Waals surface area (Å²) in [5.41, 5.74) is 1.61. The Bertz CT molecular complexity index is 753. The minimum atomic E-state index is -0.374. The van der Waals surface area contributed by atoms with Crippen LogP contribution in [-0.2, 0) is 20.7 Å². The number of carbonyl (C=O) groups is 1. The molecule has 1 aliphatic heterocycles. The van der Waals surface area contributed by atoms with E-state index in [4.69, 9.17) is 14.2 Å². The van der Waals surface area contributed by atoms with Crippen LogP contribution in [0.5, 0.6) is 5.75 Å². The minimum Gasteiger partial charge on any atom is -0.497 e. The number of hydrogen-bond acceptors (Lipinski definition) is 4. The fourth-order valence-corrected chi connectivity index (χ4v) is 3.46. The molecule has 1 aliphatic rings. The summed E-state index contributed by atoms with van der Waals surface area (Å²) in [5.74, 6) is 0.884. The average Bonchev–Trinajstić information content (AvgIpc) is 2.95. The summed E-state index contributed by atoms with van der Waals surface area (Å²) in [7, 11) is 3.29. The molecule has 6 nitrogen and oxygen atoms in total. The lowest BCUT2D eigenvalue weighted by Crippen LogP contribution is -2.56. The molecule has 3 rings (SSSR count). The number of H-pyrrole nitrogens is 1. The Balaban J connectivity index is 1.77. The molecule has 6 heteroatoms. The summed E-state index contributed by atoms with van der Waals surface area (Å²) in [6.45, 7) is 5.63. The van der Waals surface area contributed by atoms with Gasteiger partial charge in [-0.1, -0.05) is 0 Å². The number of aromatic amines is 1. The van der Waals surface area contributed by atoms with E-state index < -0.39 is 0 Å². The van der Waals surface area contributed by atoms with Crippen LogP contribution in [0.3, 0.4) is 0 Å². The number of ether oxygens (including phenoxy) is 3. The maximum absolute atomic E-state index is 12.9. The van der Waals surface area contributed by atoms with E-state index in [1.54, 1.807) is 14.2 Å². The van der Waals surface area contributed by atoms with E-state index in [0.717, 1.165) is 22.2 Å². The molecule has 136 valence electrons. The fourth-order valence-electron chi connectivity index (χ4n) is 3.46. The van der Waals surface area contributed by atoms with Gasteiger partial charge in [0.2, 0.25) is 5.91 Å². The lowest BCUT2D eigenvalue weighted by atomic mass is 10.0. The zero-order valence-electron chi connectivity index (χ0n) is 15.3. The first-order valence-electron chi connectivity index (χ1n) is 8.50. The predicted octanol–water partition coefficient (Wildman–Crippen LogP) is 2.37. The summed E-state index contributed by atoms with van der Waals surface area (Å²) in [4.78, 5) is 18.0. The first-order valence-corrected chi connectivity index (χ1v) is 8.50. The summed E-state index contributed by atoms with van der Waals surface area (Å²) in [6, 6.07) is 5.84. The number of carbonyl (C=O) groups excluding carboxylic acids is 1. The van der Waals surface area contributed by atoms with Crippen molar-refractivity contribution in [2.24, 2.45) is 0 Å². The smallest absolute Gasteiger partial charge is 0.227 e. The number of nitrogens with one attached hydrogen (secondary N) is 1. The van der Waals surface area contributed by atoms with Gasteiger partial charge in [0.25, 0.3) is 0 Å². The lowest BCUT2D eigenvalue weighted by molar-refractivity contribution is -0.168. The number of aromatic nitrogens is 1. The summed E-state index contributed by atoms with van der Waals surface area (Å²) >= 11 is 0. The first kappa shape index (κ1) is 17.8. The van der Waals surface area contributed by atoms with Crippen LogP contribution in [0.2, 0.25) is 0 Å². The molecule has 2 aromatic rings. The van der Waals surface area contributed by atoms with Crippen molar-refractivity contribution in [3.8, 4) is 5.75 Å². The third-order valence-electron chi connectivity index (χ3n) is 4.50. The van der Waals surface area contributed by atoms with Crippen LogP contribution in [-0.4, -0.2) is 61.4 Å². The van der Waals surface area contributed by atoms with Crippen LogP contribution < -0.4 is 4.74 Å². The molecule has 1 atom stereocenters. The quantitative estimate of drug-likeness (QED) is 0.903. The zero-order valence-corrected chi connectivity index (χ0v) is 15.3. The molecule has 0 bridgehead atoms. The molecule has 0 aliphatic carbocycles. The maximum Gasteiger partial charge on any atom is 0.227 e. The molecule has 0 radical (unpaired) electrons. The van der Waals surface area contributed by atoms with Gasteiger partial charge in [-0.2, -0.15) is 0 Å². The highest BCUT2D eigenvalue weighted by atomic mass is 16.5. The maximum atomic E-state index is 12.9. The molecule has 0 spiro atoms. The number of amides is 1. The molecule has 2 heterocycles. The Morgan fingerprint density at radius 2 is 2.20 bits per heavy atom. The van der Waals surface area contributed by atoms with Gasteiger partial charge in [0.15, 0.2) is 0 Å². The summed E-state index contributed by atoms with van der Waals surface area (Å²) < 4.78 is 16.5. The first-order chi connectivity index (χ1) is 11.9. The summed E-state index contributed by atoms with van der Waals surface area (Å²) in [6.07, 6.45) is 2.16. The van der Waals surface area contributed by atoms with Crippen molar-refractivity contribution in [2.45, 2.75) is 32.0 Å². The Hall–Kier alpha value is -2.05. The normalized spacial score (nSPS) is 20.0. The second kappa shape index (κ2) is 7.06. The number of fused-ring (bicyclic) bond motifs is 1. The van der Waals surface area contributed by atoms with Gasteiger partial charge >= 0.3 is 0 Å². The molecule has 1 aromatic carbocycles. The second-order valence-corrected chi connectivity index (χ2v) is 7.13. The van der Waals surface area contributed by atoms with E-state index in [-0.39, 0.29) is 17.6 Å². The number of methoxy groups -OCH3 is 2. The number of benzene rings is 1. The van der Waals surface area contributed by atoms with Gasteiger partial charge < -0.3 is 24.1 Å². The van der Waals surface area contributed by atoms with Gasteiger partial charge in [-0.15, -0.1) is 0 Å². The van der Waals surface area contributed by atoms with Gasteiger partial charge in [0.1, 0.15) is 5.75 Å². The topological polar surface area (TPSA) is 63.8 Å². The largest absolute Gasteiger partial charge is 0.497 e. The highest BCUT2D eigenvalue weighted by molar-refractivity contribution is 5.89. The SMILES string of the molecule is COC[C@@H]1CN(C(=O)Cc2c[nH]c3ccc(OC)cc23)CC(C)(C)O1.